The van der Waals surface area contributed by atoms with E-state index in [-0.39, 0.29) is 6.04 Å². The maximum atomic E-state index is 6.10. The summed E-state index contributed by atoms with van der Waals surface area (Å²) < 4.78 is 5.32. The molecule has 1 aromatic carbocycles. The third-order valence-corrected chi connectivity index (χ3v) is 3.14. The molecule has 0 aromatic heterocycles. The van der Waals surface area contributed by atoms with Crippen molar-refractivity contribution in [1.82, 2.24) is 0 Å². The summed E-state index contributed by atoms with van der Waals surface area (Å²) in [6.07, 6.45) is 3.10. The van der Waals surface area contributed by atoms with Crippen LogP contribution in [-0.2, 0) is 6.42 Å². The third-order valence-electron chi connectivity index (χ3n) is 2.45. The van der Waals surface area contributed by atoms with Crippen LogP contribution in [0.2, 0.25) is 0 Å². The molecule has 0 aliphatic carbocycles. The van der Waals surface area contributed by atoms with Crippen LogP contribution < -0.4 is 10.5 Å². The van der Waals surface area contributed by atoms with Gasteiger partial charge in [-0.05, 0) is 24.3 Å². The lowest BCUT2D eigenvalue weighted by Gasteiger charge is -2.15. The maximum Gasteiger partial charge on any atom is 0.123 e. The van der Waals surface area contributed by atoms with Crippen LogP contribution in [0.25, 0.3) is 0 Å². The van der Waals surface area contributed by atoms with Crippen molar-refractivity contribution in [3.63, 3.8) is 0 Å². The molecule has 1 unspecified atom stereocenters. The van der Waals surface area contributed by atoms with Crippen LogP contribution in [0, 0.1) is 0 Å². The van der Waals surface area contributed by atoms with Gasteiger partial charge >= 0.3 is 0 Å². The fourth-order valence-corrected chi connectivity index (χ4v) is 2.10. The normalized spacial score (nSPS) is 12.5. The molecule has 0 fully saturated rings. The van der Waals surface area contributed by atoms with E-state index in [0.717, 1.165) is 23.5 Å². The second kappa shape index (κ2) is 6.03. The van der Waals surface area contributed by atoms with E-state index in [1.807, 2.05) is 6.07 Å². The fourth-order valence-electron chi connectivity index (χ4n) is 1.56. The van der Waals surface area contributed by atoms with Crippen LogP contribution in [0.15, 0.2) is 18.2 Å². The zero-order valence-electron chi connectivity index (χ0n) is 9.62. The van der Waals surface area contributed by atoms with Crippen molar-refractivity contribution in [1.29, 1.82) is 0 Å². The van der Waals surface area contributed by atoms with E-state index in [1.165, 1.54) is 5.56 Å². The van der Waals surface area contributed by atoms with E-state index in [1.54, 1.807) is 18.9 Å². The Morgan fingerprint density at radius 2 is 2.20 bits per heavy atom. The first-order chi connectivity index (χ1) is 7.22. The molecule has 0 heterocycles. The van der Waals surface area contributed by atoms with Crippen LogP contribution in [0.5, 0.6) is 5.75 Å². The van der Waals surface area contributed by atoms with Gasteiger partial charge in [-0.3, -0.25) is 0 Å². The van der Waals surface area contributed by atoms with E-state index in [0.29, 0.717) is 0 Å². The summed E-state index contributed by atoms with van der Waals surface area (Å²) in [6.45, 7) is 2.14. The summed E-state index contributed by atoms with van der Waals surface area (Å²) in [5, 5.41) is 0. The molecule has 3 heteroatoms. The molecule has 0 aliphatic rings. The zero-order valence-corrected chi connectivity index (χ0v) is 10.4. The lowest BCUT2D eigenvalue weighted by Crippen LogP contribution is -2.14. The number of benzene rings is 1. The highest BCUT2D eigenvalue weighted by atomic mass is 32.2. The Balaban J connectivity index is 3.00. The Kier molecular flexibility index (Phi) is 4.99. The molecule has 0 saturated carbocycles. The SMILES string of the molecule is CCc1ccc(OC)c(C(N)CSC)c1. The maximum absolute atomic E-state index is 6.10. The zero-order chi connectivity index (χ0) is 11.3. The van der Waals surface area contributed by atoms with Gasteiger partial charge < -0.3 is 10.5 Å². The minimum Gasteiger partial charge on any atom is -0.496 e. The first-order valence-electron chi connectivity index (χ1n) is 5.14. The van der Waals surface area contributed by atoms with Gasteiger partial charge in [-0.15, -0.1) is 0 Å². The number of hydrogen-bond acceptors (Lipinski definition) is 3. The number of aryl methyl sites for hydroxylation is 1. The van der Waals surface area contributed by atoms with E-state index in [4.69, 9.17) is 10.5 Å². The number of methoxy groups -OCH3 is 1. The highest BCUT2D eigenvalue weighted by molar-refractivity contribution is 7.98. The average molecular weight is 225 g/mol. The number of thioether (sulfide) groups is 1. The third kappa shape index (κ3) is 3.14. The number of hydrogen-bond donors (Lipinski definition) is 1. The van der Waals surface area contributed by atoms with Crippen molar-refractivity contribution in [2.45, 2.75) is 19.4 Å². The highest BCUT2D eigenvalue weighted by Crippen LogP contribution is 2.26. The molecule has 1 atom stereocenters. The van der Waals surface area contributed by atoms with Gasteiger partial charge in [0.2, 0.25) is 0 Å². The van der Waals surface area contributed by atoms with Gasteiger partial charge in [0.25, 0.3) is 0 Å². The van der Waals surface area contributed by atoms with Crippen molar-refractivity contribution in [3.8, 4) is 5.75 Å². The summed E-state index contributed by atoms with van der Waals surface area (Å²) in [7, 11) is 1.69. The Morgan fingerprint density at radius 1 is 1.47 bits per heavy atom. The summed E-state index contributed by atoms with van der Waals surface area (Å²) in [4.78, 5) is 0. The van der Waals surface area contributed by atoms with Crippen LogP contribution in [-0.4, -0.2) is 19.1 Å². The Hall–Kier alpha value is -0.670. The van der Waals surface area contributed by atoms with Gasteiger partial charge in [0.1, 0.15) is 5.75 Å². The monoisotopic (exact) mass is 225 g/mol. The van der Waals surface area contributed by atoms with Gasteiger partial charge in [-0.1, -0.05) is 19.1 Å². The van der Waals surface area contributed by atoms with Crippen LogP contribution in [0.4, 0.5) is 0 Å². The quantitative estimate of drug-likeness (QED) is 0.836. The molecule has 84 valence electrons. The fraction of sp³-hybridized carbons (Fsp3) is 0.500. The topological polar surface area (TPSA) is 35.2 Å². The van der Waals surface area contributed by atoms with Crippen molar-refractivity contribution in [3.05, 3.63) is 29.3 Å². The molecule has 0 saturated heterocycles. The minimum absolute atomic E-state index is 0.0569. The number of rotatable bonds is 5. The van der Waals surface area contributed by atoms with E-state index in [9.17, 15) is 0 Å². The Morgan fingerprint density at radius 3 is 2.73 bits per heavy atom. The van der Waals surface area contributed by atoms with Crippen molar-refractivity contribution >= 4 is 11.8 Å². The smallest absolute Gasteiger partial charge is 0.123 e. The number of nitrogens with two attached hydrogens (primary N) is 1. The summed E-state index contributed by atoms with van der Waals surface area (Å²) in [5.41, 5.74) is 8.53. The predicted molar refractivity (Wildman–Crippen MR) is 67.7 cm³/mol. The second-order valence-electron chi connectivity index (χ2n) is 3.49. The molecule has 0 aliphatic heterocycles. The molecular weight excluding hydrogens is 206 g/mol. The van der Waals surface area contributed by atoms with E-state index < -0.39 is 0 Å². The predicted octanol–water partition coefficient (Wildman–Crippen LogP) is 2.62. The molecule has 0 spiro atoms. The minimum atomic E-state index is 0.0569. The van der Waals surface area contributed by atoms with Crippen LogP contribution >= 0.6 is 11.8 Å². The second-order valence-corrected chi connectivity index (χ2v) is 4.40. The highest BCUT2D eigenvalue weighted by Gasteiger charge is 2.11. The van der Waals surface area contributed by atoms with Crippen LogP contribution in [0.1, 0.15) is 24.1 Å². The summed E-state index contributed by atoms with van der Waals surface area (Å²) >= 11 is 1.76. The van der Waals surface area contributed by atoms with Crippen LogP contribution in [0.3, 0.4) is 0 Å². The molecular formula is C12H19NOS. The van der Waals surface area contributed by atoms with Gasteiger partial charge in [0, 0.05) is 17.4 Å². The molecule has 0 bridgehead atoms. The first-order valence-corrected chi connectivity index (χ1v) is 6.53. The molecule has 0 radical (unpaired) electrons. The van der Waals surface area contributed by atoms with Gasteiger partial charge in [-0.2, -0.15) is 11.8 Å². The Labute approximate surface area is 96.2 Å². The van der Waals surface area contributed by atoms with Gasteiger partial charge in [0.05, 0.1) is 7.11 Å². The van der Waals surface area contributed by atoms with Gasteiger partial charge in [-0.25, -0.2) is 0 Å². The largest absolute Gasteiger partial charge is 0.496 e. The molecule has 15 heavy (non-hydrogen) atoms. The van der Waals surface area contributed by atoms with E-state index in [2.05, 4.69) is 25.3 Å². The average Bonchev–Trinajstić information content (AvgIpc) is 2.28. The number of ether oxygens (including phenoxy) is 1. The molecule has 2 N–H and O–H groups in total. The van der Waals surface area contributed by atoms with Gasteiger partial charge in [0.15, 0.2) is 0 Å². The molecule has 0 amide bonds. The summed E-state index contributed by atoms with van der Waals surface area (Å²) in [6, 6.07) is 6.31. The summed E-state index contributed by atoms with van der Waals surface area (Å²) in [5.74, 6) is 1.82. The molecule has 1 rings (SSSR count). The Bertz CT molecular complexity index is 314. The van der Waals surface area contributed by atoms with E-state index >= 15 is 0 Å². The standard InChI is InChI=1S/C12H19NOS/c1-4-9-5-6-12(14-2)10(7-9)11(13)8-15-3/h5-7,11H,4,8,13H2,1-3H3. The van der Waals surface area contributed by atoms with Crippen molar-refractivity contribution < 1.29 is 4.74 Å². The lowest BCUT2D eigenvalue weighted by molar-refractivity contribution is 0.407. The molecule has 1 aromatic rings. The first kappa shape index (κ1) is 12.4. The van der Waals surface area contributed by atoms with Crippen molar-refractivity contribution in [2.24, 2.45) is 5.73 Å². The van der Waals surface area contributed by atoms with Crippen molar-refractivity contribution in [2.75, 3.05) is 19.1 Å². The molecule has 2 nitrogen and oxygen atoms in total. The lowest BCUT2D eigenvalue weighted by atomic mass is 10.0.